The molecule has 0 N–H and O–H groups in total. The summed E-state index contributed by atoms with van der Waals surface area (Å²) in [5.74, 6) is 0. The predicted molar refractivity (Wildman–Crippen MR) is 88.6 cm³/mol. The Balaban J connectivity index is -0.000000273. The van der Waals surface area contributed by atoms with Crippen LogP contribution in [0.4, 0.5) is 0 Å². The Morgan fingerprint density at radius 2 is 0.773 bits per heavy atom. The van der Waals surface area contributed by atoms with Crippen molar-refractivity contribution < 1.29 is 48.7 Å². The van der Waals surface area contributed by atoms with Crippen LogP contribution in [-0.2, 0) is 34.7 Å². The third-order valence-corrected chi connectivity index (χ3v) is 3.06. The molecule has 0 aliphatic carbocycles. The van der Waals surface area contributed by atoms with Crippen LogP contribution in [0.25, 0.3) is 0 Å². The monoisotopic (exact) mass is 506 g/mol. The first-order chi connectivity index (χ1) is 9.21. The molecule has 0 nitrogen and oxygen atoms in total. The molecule has 0 amide bonds. The summed E-state index contributed by atoms with van der Waals surface area (Å²) in [6.45, 7) is 13.3. The van der Waals surface area contributed by atoms with E-state index in [0.717, 1.165) is 23.9 Å². The normalized spacial score (nSPS) is 10.0. The minimum Gasteiger partial charge on any atom is -1.00 e. The molecule has 0 unspecified atom stereocenters. The van der Waals surface area contributed by atoms with Crippen molar-refractivity contribution in [2.45, 2.75) is 52.4 Å². The minimum absolute atomic E-state index is 0. The molecule has 3 heteroatoms. The molecule has 0 bridgehead atoms. The third kappa shape index (κ3) is 10.7. The average molecular weight is 506 g/mol. The molecule has 0 spiro atoms. The van der Waals surface area contributed by atoms with Gasteiger partial charge in [0.25, 0.3) is 0 Å². The molecule has 2 rings (SSSR count). The van der Waals surface area contributed by atoms with Gasteiger partial charge in [0.2, 0.25) is 0 Å². The molecule has 0 aliphatic rings. The van der Waals surface area contributed by atoms with Crippen LogP contribution in [0.5, 0.6) is 0 Å². The van der Waals surface area contributed by atoms with E-state index in [1.54, 1.807) is 0 Å². The van der Waals surface area contributed by atoms with E-state index in [0.29, 0.717) is 10.8 Å². The van der Waals surface area contributed by atoms with E-state index >= 15 is 0 Å². The van der Waals surface area contributed by atoms with Gasteiger partial charge in [0, 0.05) is 0 Å². The standard InChI is InChI=1S/2C9H13.CH2.2ClH.Hf/c2*1-9(2,3)8-6-4-5-7-8;;;;/h2*4-7H,1-3H3;1H2;2*1H;/q2*-1;;;;+2/p-2. The van der Waals surface area contributed by atoms with Crippen molar-refractivity contribution >= 4 is 4.26 Å². The van der Waals surface area contributed by atoms with Gasteiger partial charge in [-0.1, -0.05) is 52.4 Å². The Hall–Kier alpha value is 0.0201. The molecule has 0 fully saturated rings. The Bertz CT molecular complexity index is 398. The van der Waals surface area contributed by atoms with Gasteiger partial charge in [-0.05, 0) is 0 Å². The summed E-state index contributed by atoms with van der Waals surface area (Å²) in [5.41, 5.74) is 3.48. The van der Waals surface area contributed by atoms with Crippen LogP contribution in [0.1, 0.15) is 52.7 Å². The smallest absolute Gasteiger partial charge is 1.00 e. The Morgan fingerprint density at radius 1 is 0.591 bits per heavy atom. The summed E-state index contributed by atoms with van der Waals surface area (Å²) in [4.78, 5) is 0. The number of hydrogen-bond acceptors (Lipinski definition) is 0. The van der Waals surface area contributed by atoms with Crippen LogP contribution < -0.4 is 24.8 Å². The number of rotatable bonds is 0. The molecule has 124 valence electrons. The van der Waals surface area contributed by atoms with Crippen LogP contribution in [-0.4, -0.2) is 4.26 Å². The summed E-state index contributed by atoms with van der Waals surface area (Å²) < 4.78 is 3.39. The van der Waals surface area contributed by atoms with Gasteiger partial charge in [0.05, 0.1) is 0 Å². The summed E-state index contributed by atoms with van der Waals surface area (Å²) in [6, 6.07) is 17.0. The van der Waals surface area contributed by atoms with E-state index in [-0.39, 0.29) is 24.8 Å². The van der Waals surface area contributed by atoms with Gasteiger partial charge in [0.1, 0.15) is 0 Å². The molecular formula is C19H28Cl2Hf-2. The molecular weight excluding hydrogens is 478 g/mol. The fourth-order valence-corrected chi connectivity index (χ4v) is 1.75. The van der Waals surface area contributed by atoms with E-state index in [1.165, 1.54) is 11.1 Å². The van der Waals surface area contributed by atoms with Crippen molar-refractivity contribution in [2.75, 3.05) is 0 Å². The summed E-state index contributed by atoms with van der Waals surface area (Å²) >= 11 is 1.06. The maximum atomic E-state index is 3.39. The van der Waals surface area contributed by atoms with Crippen molar-refractivity contribution in [3.05, 3.63) is 59.7 Å². The zero-order chi connectivity index (χ0) is 15.8. The SMILES string of the molecule is CC(C)(C)[c-]1cccc1.CC(C)(C)[c-]1cccc1.[CH2]=[Hf+2].[Cl-].[Cl-]. The van der Waals surface area contributed by atoms with Crippen LogP contribution in [0, 0.1) is 0 Å². The van der Waals surface area contributed by atoms with E-state index in [9.17, 15) is 0 Å². The van der Waals surface area contributed by atoms with Gasteiger partial charge >= 0.3 is 28.2 Å². The zero-order valence-electron chi connectivity index (χ0n) is 14.6. The molecule has 0 saturated carbocycles. The Morgan fingerprint density at radius 3 is 0.864 bits per heavy atom. The van der Waals surface area contributed by atoms with Crippen LogP contribution >= 0.6 is 0 Å². The maximum absolute atomic E-state index is 3.39. The Labute approximate surface area is 164 Å². The van der Waals surface area contributed by atoms with Crippen molar-refractivity contribution in [1.82, 2.24) is 0 Å². The second-order valence-electron chi connectivity index (χ2n) is 6.85. The van der Waals surface area contributed by atoms with Gasteiger partial charge < -0.3 is 24.8 Å². The van der Waals surface area contributed by atoms with Gasteiger partial charge in [-0.3, -0.25) is 0 Å². The van der Waals surface area contributed by atoms with Crippen molar-refractivity contribution in [3.63, 3.8) is 0 Å². The van der Waals surface area contributed by atoms with Crippen molar-refractivity contribution in [1.29, 1.82) is 0 Å². The fourth-order valence-electron chi connectivity index (χ4n) is 1.75. The first-order valence-corrected chi connectivity index (χ1v) is 9.55. The molecule has 2 aromatic carbocycles. The van der Waals surface area contributed by atoms with Gasteiger partial charge in [-0.15, -0.1) is 0 Å². The molecule has 2 aromatic rings. The molecule has 0 radical (unpaired) electrons. The fraction of sp³-hybridized carbons (Fsp3) is 0.421. The minimum atomic E-state index is 0. The van der Waals surface area contributed by atoms with E-state index in [4.69, 9.17) is 0 Å². The van der Waals surface area contributed by atoms with Crippen LogP contribution in [0.15, 0.2) is 48.5 Å². The third-order valence-electron chi connectivity index (χ3n) is 3.06. The number of halogens is 2. The second-order valence-corrected chi connectivity index (χ2v) is 6.85. The van der Waals surface area contributed by atoms with Gasteiger partial charge in [-0.25, -0.2) is 24.3 Å². The van der Waals surface area contributed by atoms with Crippen molar-refractivity contribution in [3.8, 4) is 0 Å². The first-order valence-electron chi connectivity index (χ1n) is 7.01. The van der Waals surface area contributed by atoms with Gasteiger partial charge in [-0.2, -0.15) is 35.4 Å². The quantitative estimate of drug-likeness (QED) is 0.331. The van der Waals surface area contributed by atoms with Crippen LogP contribution in [0.3, 0.4) is 0 Å². The maximum Gasteiger partial charge on any atom is -1.00 e. The topological polar surface area (TPSA) is 0 Å². The molecule has 0 aromatic heterocycles. The molecule has 0 saturated heterocycles. The summed E-state index contributed by atoms with van der Waals surface area (Å²) in [7, 11) is 0. The average Bonchev–Trinajstić information content (AvgIpc) is 3.04. The molecule has 0 aliphatic heterocycles. The first kappa shape index (κ1) is 26.9. The largest absolute Gasteiger partial charge is 1.00 e. The summed E-state index contributed by atoms with van der Waals surface area (Å²) in [5, 5.41) is 0. The van der Waals surface area contributed by atoms with Crippen LogP contribution in [0.2, 0.25) is 0 Å². The number of hydrogen-bond donors (Lipinski definition) is 0. The zero-order valence-corrected chi connectivity index (χ0v) is 19.7. The summed E-state index contributed by atoms with van der Waals surface area (Å²) in [6.07, 6.45) is 0. The van der Waals surface area contributed by atoms with Crippen molar-refractivity contribution in [2.24, 2.45) is 0 Å². The molecule has 22 heavy (non-hydrogen) atoms. The van der Waals surface area contributed by atoms with E-state index in [1.807, 2.05) is 0 Å². The molecule has 0 heterocycles. The van der Waals surface area contributed by atoms with E-state index < -0.39 is 0 Å². The molecule has 0 atom stereocenters. The Kier molecular flexibility index (Phi) is 15.2. The second kappa shape index (κ2) is 12.4. The van der Waals surface area contributed by atoms with E-state index in [2.05, 4.69) is 94.3 Å². The predicted octanol–water partition coefficient (Wildman–Crippen LogP) is -0.621. The van der Waals surface area contributed by atoms with Gasteiger partial charge in [0.15, 0.2) is 0 Å².